The molecule has 0 saturated carbocycles. The van der Waals surface area contributed by atoms with Crippen LogP contribution in [-0.2, 0) is 20.9 Å². The van der Waals surface area contributed by atoms with Crippen LogP contribution >= 0.6 is 11.6 Å². The van der Waals surface area contributed by atoms with Crippen LogP contribution < -0.4 is 19.7 Å². The molecule has 3 amide bonds. The van der Waals surface area contributed by atoms with Gasteiger partial charge in [-0.05, 0) is 67.1 Å². The van der Waals surface area contributed by atoms with Crippen molar-refractivity contribution in [3.63, 3.8) is 0 Å². The fourth-order valence-electron chi connectivity index (χ4n) is 5.58. The van der Waals surface area contributed by atoms with Crippen molar-refractivity contribution in [1.29, 1.82) is 0 Å². The van der Waals surface area contributed by atoms with Crippen molar-refractivity contribution in [3.8, 4) is 11.5 Å². The molecule has 5 rings (SSSR count). The van der Waals surface area contributed by atoms with Crippen LogP contribution in [0.4, 0.5) is 11.4 Å². The minimum atomic E-state index is -0.899. The molecule has 2 atom stereocenters. The number of rotatable bonds is 10. The zero-order valence-corrected chi connectivity index (χ0v) is 24.7. The van der Waals surface area contributed by atoms with Crippen LogP contribution in [0.3, 0.4) is 0 Å². The summed E-state index contributed by atoms with van der Waals surface area (Å²) in [7, 11) is 3.04. The molecule has 1 N–H and O–H groups in total. The maximum atomic E-state index is 14.2. The van der Waals surface area contributed by atoms with E-state index < -0.39 is 36.1 Å². The second kappa shape index (κ2) is 13.1. The minimum Gasteiger partial charge on any atom is -0.497 e. The fourth-order valence-corrected chi connectivity index (χ4v) is 5.71. The normalized spacial score (nSPS) is 16.4. The monoisotopic (exact) mass is 601 g/mol. The number of halogens is 1. The molecule has 1 heterocycles. The molecule has 0 bridgehead atoms. The van der Waals surface area contributed by atoms with Gasteiger partial charge in [0.15, 0.2) is 0 Å². The van der Waals surface area contributed by atoms with E-state index in [0.29, 0.717) is 40.7 Å². The van der Waals surface area contributed by atoms with Crippen LogP contribution in [-0.4, -0.2) is 55.2 Å². The molecule has 0 aromatic heterocycles. The number of benzene rings is 3. The van der Waals surface area contributed by atoms with E-state index in [9.17, 15) is 19.2 Å². The average Bonchev–Trinajstić information content (AvgIpc) is 3.27. The largest absolute Gasteiger partial charge is 0.497 e. The summed E-state index contributed by atoms with van der Waals surface area (Å²) in [4.78, 5) is 56.8. The Labute approximate surface area is 255 Å². The smallest absolute Gasteiger partial charge is 0.299 e. The zero-order chi connectivity index (χ0) is 30.5. The van der Waals surface area contributed by atoms with Gasteiger partial charge in [-0.1, -0.05) is 48.0 Å². The highest BCUT2D eigenvalue weighted by Gasteiger charge is 2.41. The Morgan fingerprint density at radius 2 is 1.79 bits per heavy atom. The number of fused-ring (bicyclic) bond motifs is 1. The second-order valence-corrected chi connectivity index (χ2v) is 10.9. The number of ether oxygens (including phenoxy) is 2. The number of Topliss-reactive ketones (excluding diaryl/α,β-unsaturated/α-hetero) is 1. The van der Waals surface area contributed by atoms with Crippen LogP contribution in [0.25, 0.3) is 0 Å². The predicted molar refractivity (Wildman–Crippen MR) is 164 cm³/mol. The van der Waals surface area contributed by atoms with Gasteiger partial charge in [0, 0.05) is 17.6 Å². The molecular weight excluding hydrogens is 570 g/mol. The van der Waals surface area contributed by atoms with Crippen molar-refractivity contribution in [2.24, 2.45) is 5.92 Å². The zero-order valence-electron chi connectivity index (χ0n) is 23.9. The molecule has 1 aliphatic heterocycles. The Bertz CT molecular complexity index is 1570. The van der Waals surface area contributed by atoms with Crippen LogP contribution in [0.15, 0.2) is 78.9 Å². The number of nitrogens with zero attached hydrogens (tertiary/aromatic N) is 2. The van der Waals surface area contributed by atoms with Gasteiger partial charge in [-0.3, -0.25) is 24.1 Å². The van der Waals surface area contributed by atoms with Crippen molar-refractivity contribution in [2.45, 2.75) is 31.8 Å². The third kappa shape index (κ3) is 6.41. The number of amides is 3. The van der Waals surface area contributed by atoms with Crippen molar-refractivity contribution in [1.82, 2.24) is 4.90 Å². The highest BCUT2D eigenvalue weighted by molar-refractivity contribution is 6.52. The predicted octanol–water partition coefficient (Wildman–Crippen LogP) is 5.28. The minimum absolute atomic E-state index is 0.0890. The number of allylic oxidation sites excluding steroid dienone is 2. The first-order valence-corrected chi connectivity index (χ1v) is 14.4. The molecular formula is C33H32ClN3O6. The van der Waals surface area contributed by atoms with Gasteiger partial charge in [0.1, 0.15) is 24.1 Å². The lowest BCUT2D eigenvalue weighted by Gasteiger charge is -2.37. The van der Waals surface area contributed by atoms with Crippen molar-refractivity contribution in [2.75, 3.05) is 31.0 Å². The molecule has 2 aliphatic rings. The van der Waals surface area contributed by atoms with E-state index >= 15 is 0 Å². The summed E-state index contributed by atoms with van der Waals surface area (Å²) in [6.07, 6.45) is 6.12. The van der Waals surface area contributed by atoms with Gasteiger partial charge < -0.3 is 19.7 Å². The Morgan fingerprint density at radius 3 is 2.49 bits per heavy atom. The quantitative estimate of drug-likeness (QED) is 0.250. The summed E-state index contributed by atoms with van der Waals surface area (Å²) in [5, 5.41) is 3.51. The van der Waals surface area contributed by atoms with Gasteiger partial charge in [0.2, 0.25) is 11.8 Å². The van der Waals surface area contributed by atoms with E-state index in [4.69, 9.17) is 21.1 Å². The van der Waals surface area contributed by atoms with Gasteiger partial charge in [0.05, 0.1) is 31.2 Å². The number of para-hydroxylation sites is 1. The molecule has 43 heavy (non-hydrogen) atoms. The number of carbonyl (C=O) groups excluding carboxylic acids is 4. The summed E-state index contributed by atoms with van der Waals surface area (Å²) >= 11 is 6.13. The van der Waals surface area contributed by atoms with Crippen molar-refractivity contribution >= 4 is 46.5 Å². The number of carbonyl (C=O) groups is 4. The van der Waals surface area contributed by atoms with Crippen molar-refractivity contribution < 1.29 is 28.7 Å². The Kier molecular flexibility index (Phi) is 9.11. The molecule has 0 spiro atoms. The van der Waals surface area contributed by atoms with Crippen LogP contribution in [0.2, 0.25) is 5.02 Å². The molecule has 0 radical (unpaired) electrons. The summed E-state index contributed by atoms with van der Waals surface area (Å²) in [6.45, 7) is -0.307. The maximum Gasteiger partial charge on any atom is 0.299 e. The Balaban J connectivity index is 1.52. The van der Waals surface area contributed by atoms with E-state index in [1.165, 1.54) is 24.0 Å². The first-order valence-electron chi connectivity index (χ1n) is 14.0. The maximum absolute atomic E-state index is 14.2. The number of anilines is 2. The first kappa shape index (κ1) is 29.8. The molecule has 222 valence electrons. The molecule has 0 saturated heterocycles. The molecule has 0 fully saturated rings. The second-order valence-electron chi connectivity index (χ2n) is 10.4. The molecule has 10 heteroatoms. The molecule has 3 aromatic rings. The lowest BCUT2D eigenvalue weighted by Crippen LogP contribution is -2.54. The number of hydrogen-bond acceptors (Lipinski definition) is 6. The molecule has 9 nitrogen and oxygen atoms in total. The molecule has 3 aromatic carbocycles. The van der Waals surface area contributed by atoms with E-state index in [0.717, 1.165) is 12.0 Å². The lowest BCUT2D eigenvalue weighted by molar-refractivity contribution is -0.140. The lowest BCUT2D eigenvalue weighted by atomic mass is 9.85. The van der Waals surface area contributed by atoms with Gasteiger partial charge in [0.25, 0.3) is 11.7 Å². The Hall–Kier alpha value is -4.63. The van der Waals surface area contributed by atoms with Crippen LogP contribution in [0.5, 0.6) is 11.5 Å². The van der Waals surface area contributed by atoms with Gasteiger partial charge in [-0.15, -0.1) is 0 Å². The summed E-state index contributed by atoms with van der Waals surface area (Å²) in [5.74, 6) is -1.53. The fraction of sp³-hybridized carbons (Fsp3) is 0.273. The number of hydrogen-bond donors (Lipinski definition) is 1. The number of methoxy groups -OCH3 is 2. The van der Waals surface area contributed by atoms with Gasteiger partial charge >= 0.3 is 0 Å². The first-order chi connectivity index (χ1) is 20.8. The topological polar surface area (TPSA) is 105 Å². The van der Waals surface area contributed by atoms with Crippen molar-refractivity contribution in [3.05, 3.63) is 95.0 Å². The number of ketones is 1. The SMILES string of the molecule is COc1ccc(NC(=O)C(C2CC=CCC2)N(Cc2ccc(Cl)cc2)C(=O)CN2C(=O)C(=O)c3ccccc32)c(OC)c1. The summed E-state index contributed by atoms with van der Waals surface area (Å²) in [6, 6.07) is 17.8. The summed E-state index contributed by atoms with van der Waals surface area (Å²) < 4.78 is 10.8. The summed E-state index contributed by atoms with van der Waals surface area (Å²) in [5.41, 5.74) is 1.82. The average molecular weight is 602 g/mol. The third-order valence-corrected chi connectivity index (χ3v) is 8.04. The molecule has 1 aliphatic carbocycles. The van der Waals surface area contributed by atoms with E-state index in [1.54, 1.807) is 66.7 Å². The standard InChI is InChI=1S/C33H32ClN3O6/c1-42-24-16-17-26(28(18-24)43-2)35-32(40)30(22-8-4-3-5-9-22)37(19-21-12-14-23(34)15-13-21)29(38)20-36-27-11-7-6-10-25(27)31(39)33(36)41/h3-4,6-7,10-18,22,30H,5,8-9,19-20H2,1-2H3,(H,35,40). The van der Waals surface area contributed by atoms with E-state index in [2.05, 4.69) is 11.4 Å². The van der Waals surface area contributed by atoms with E-state index in [-0.39, 0.29) is 18.0 Å². The van der Waals surface area contributed by atoms with Crippen LogP contribution in [0, 0.1) is 5.92 Å². The number of nitrogens with one attached hydrogen (secondary N) is 1. The molecule has 2 unspecified atom stereocenters. The van der Waals surface area contributed by atoms with Crippen LogP contribution in [0.1, 0.15) is 35.2 Å². The van der Waals surface area contributed by atoms with Gasteiger partial charge in [-0.2, -0.15) is 0 Å². The van der Waals surface area contributed by atoms with Gasteiger partial charge in [-0.25, -0.2) is 0 Å². The highest BCUT2D eigenvalue weighted by Crippen LogP contribution is 2.33. The Morgan fingerprint density at radius 1 is 1.02 bits per heavy atom. The van der Waals surface area contributed by atoms with E-state index in [1.807, 2.05) is 6.08 Å². The third-order valence-electron chi connectivity index (χ3n) is 7.79. The highest BCUT2D eigenvalue weighted by atomic mass is 35.5.